The maximum atomic E-state index is 12.3. The second-order valence-electron chi connectivity index (χ2n) is 7.02. The number of halogens is 1. The zero-order chi connectivity index (χ0) is 22.0. The molecular formula is C24H19BrN4O2. The molecule has 1 aliphatic carbocycles. The number of fused-ring (bicyclic) bond motifs is 2. The highest BCUT2D eigenvalue weighted by atomic mass is 79.9. The van der Waals surface area contributed by atoms with Crippen LogP contribution in [0.2, 0.25) is 0 Å². The van der Waals surface area contributed by atoms with Crippen molar-refractivity contribution in [1.29, 1.82) is 0 Å². The Hall–Kier alpha value is -3.71. The lowest BCUT2D eigenvalue weighted by atomic mass is 9.84. The van der Waals surface area contributed by atoms with Crippen molar-refractivity contribution in [2.24, 2.45) is 0 Å². The molecule has 7 heteroatoms. The summed E-state index contributed by atoms with van der Waals surface area (Å²) >= 11 is 3.27. The molecule has 0 saturated heterocycles. The first-order valence-corrected chi connectivity index (χ1v) is 10.3. The van der Waals surface area contributed by atoms with Crippen LogP contribution in [0.3, 0.4) is 0 Å². The number of rotatable bonds is 2. The quantitative estimate of drug-likeness (QED) is 0.370. The summed E-state index contributed by atoms with van der Waals surface area (Å²) in [6.07, 6.45) is 1.71. The van der Waals surface area contributed by atoms with Crippen LogP contribution in [0.5, 0.6) is 0 Å². The Bertz CT molecular complexity index is 1220. The number of nitrogens with zero attached hydrogens (tertiary/aromatic N) is 2. The van der Waals surface area contributed by atoms with Crippen LogP contribution >= 0.6 is 15.9 Å². The summed E-state index contributed by atoms with van der Waals surface area (Å²) in [7, 11) is 0. The van der Waals surface area contributed by atoms with E-state index in [0.29, 0.717) is 38.2 Å². The summed E-state index contributed by atoms with van der Waals surface area (Å²) < 4.78 is 2.40. The maximum absolute atomic E-state index is 12.3. The van der Waals surface area contributed by atoms with Gasteiger partial charge in [-0.3, -0.25) is 9.59 Å². The Labute approximate surface area is 187 Å². The van der Waals surface area contributed by atoms with Crippen LogP contribution in [0.25, 0.3) is 0 Å². The smallest absolute Gasteiger partial charge is 0.194 e. The van der Waals surface area contributed by atoms with Crippen LogP contribution < -0.4 is 11.5 Å². The summed E-state index contributed by atoms with van der Waals surface area (Å²) in [5.74, 6) is 0.407. The predicted octanol–water partition coefficient (Wildman–Crippen LogP) is 4.32. The second kappa shape index (κ2) is 8.57. The molecular weight excluding hydrogens is 456 g/mol. The summed E-state index contributed by atoms with van der Waals surface area (Å²) in [5, 5.41) is 4.10. The van der Waals surface area contributed by atoms with Gasteiger partial charge in [0.05, 0.1) is 12.7 Å². The number of carbonyl (C=O) groups excluding carboxylic acids is 2. The van der Waals surface area contributed by atoms with Crippen LogP contribution in [0.15, 0.2) is 83.5 Å². The van der Waals surface area contributed by atoms with Crippen molar-refractivity contribution in [2.45, 2.75) is 6.54 Å². The van der Waals surface area contributed by atoms with E-state index in [0.717, 1.165) is 6.54 Å². The summed E-state index contributed by atoms with van der Waals surface area (Å²) in [6.45, 7) is 0.736. The molecule has 0 radical (unpaired) electrons. The van der Waals surface area contributed by atoms with E-state index in [1.807, 2.05) is 18.2 Å². The number of nitrogens with two attached hydrogens (primary N) is 2. The number of benzene rings is 3. The fraction of sp³-hybridized carbons (Fsp3) is 0.0417. The van der Waals surface area contributed by atoms with Crippen molar-refractivity contribution in [1.82, 2.24) is 9.78 Å². The van der Waals surface area contributed by atoms with Gasteiger partial charge >= 0.3 is 0 Å². The molecule has 0 bridgehead atoms. The lowest BCUT2D eigenvalue weighted by Crippen LogP contribution is -2.21. The van der Waals surface area contributed by atoms with Gasteiger partial charge in [0.15, 0.2) is 11.6 Å². The Balaban J connectivity index is 0.000000158. The molecule has 0 atom stereocenters. The van der Waals surface area contributed by atoms with Crippen LogP contribution in [-0.2, 0) is 6.54 Å². The van der Waals surface area contributed by atoms with Crippen LogP contribution in [0, 0.1) is 0 Å². The molecule has 0 unspecified atom stereocenters. The molecule has 1 aromatic heterocycles. The number of carbonyl (C=O) groups is 2. The van der Waals surface area contributed by atoms with Gasteiger partial charge < -0.3 is 11.5 Å². The Kier molecular flexibility index (Phi) is 5.68. The maximum Gasteiger partial charge on any atom is 0.194 e. The molecule has 4 aromatic rings. The average molecular weight is 475 g/mol. The fourth-order valence-electron chi connectivity index (χ4n) is 3.37. The molecule has 0 fully saturated rings. The van der Waals surface area contributed by atoms with Gasteiger partial charge in [-0.15, -0.1) is 0 Å². The minimum absolute atomic E-state index is 0.138. The topological polar surface area (TPSA) is 104 Å². The molecule has 0 aliphatic heterocycles. The summed E-state index contributed by atoms with van der Waals surface area (Å²) in [4.78, 5) is 24.6. The Morgan fingerprint density at radius 1 is 0.774 bits per heavy atom. The lowest BCUT2D eigenvalue weighted by molar-refractivity contribution is 0.0979. The van der Waals surface area contributed by atoms with E-state index in [-0.39, 0.29) is 11.6 Å². The highest BCUT2D eigenvalue weighted by molar-refractivity contribution is 9.10. The van der Waals surface area contributed by atoms with Crippen molar-refractivity contribution in [3.05, 3.63) is 111 Å². The van der Waals surface area contributed by atoms with Gasteiger partial charge in [0, 0.05) is 32.4 Å². The molecule has 1 heterocycles. The Morgan fingerprint density at radius 3 is 1.94 bits per heavy atom. The van der Waals surface area contributed by atoms with Gasteiger partial charge in [0.1, 0.15) is 5.82 Å². The normalized spacial score (nSPS) is 11.9. The predicted molar refractivity (Wildman–Crippen MR) is 124 cm³/mol. The molecule has 3 aromatic carbocycles. The molecule has 1 aliphatic rings. The fourth-order valence-corrected chi connectivity index (χ4v) is 3.71. The van der Waals surface area contributed by atoms with E-state index in [1.165, 1.54) is 5.56 Å². The van der Waals surface area contributed by atoms with E-state index in [2.05, 4.69) is 33.2 Å². The summed E-state index contributed by atoms with van der Waals surface area (Å²) in [6, 6.07) is 21.9. The first kappa shape index (κ1) is 20.6. The SMILES string of the molecule is Nc1cc2c(cc1Br)C(=O)c1ccccc1C2=O.Nc1ccnn1Cc1ccccc1. The van der Waals surface area contributed by atoms with Crippen LogP contribution in [0.4, 0.5) is 11.5 Å². The average Bonchev–Trinajstić information content (AvgIpc) is 3.19. The third kappa shape index (κ3) is 4.13. The molecule has 6 nitrogen and oxygen atoms in total. The molecule has 5 rings (SSSR count). The van der Waals surface area contributed by atoms with Gasteiger partial charge in [-0.2, -0.15) is 5.10 Å². The zero-order valence-corrected chi connectivity index (χ0v) is 18.0. The number of hydrogen-bond donors (Lipinski definition) is 2. The minimum Gasteiger partial charge on any atom is -0.398 e. The van der Waals surface area contributed by atoms with Gasteiger partial charge in [-0.25, -0.2) is 4.68 Å². The van der Waals surface area contributed by atoms with E-state index in [4.69, 9.17) is 11.5 Å². The van der Waals surface area contributed by atoms with Gasteiger partial charge in [0.25, 0.3) is 0 Å². The highest BCUT2D eigenvalue weighted by Gasteiger charge is 2.29. The van der Waals surface area contributed by atoms with Crippen molar-refractivity contribution in [3.63, 3.8) is 0 Å². The number of aromatic nitrogens is 2. The molecule has 4 N–H and O–H groups in total. The number of nitrogen functional groups attached to an aromatic ring is 2. The number of ketones is 2. The first-order chi connectivity index (χ1) is 15.0. The summed E-state index contributed by atoms with van der Waals surface area (Å²) in [5.41, 5.74) is 14.8. The minimum atomic E-state index is -0.153. The van der Waals surface area contributed by atoms with Crippen molar-refractivity contribution in [2.75, 3.05) is 11.5 Å². The molecule has 0 saturated carbocycles. The van der Waals surface area contributed by atoms with Gasteiger partial charge in [-0.05, 0) is 39.7 Å². The van der Waals surface area contributed by atoms with E-state index < -0.39 is 0 Å². The number of anilines is 2. The van der Waals surface area contributed by atoms with E-state index in [9.17, 15) is 9.59 Å². The third-order valence-corrected chi connectivity index (χ3v) is 5.65. The largest absolute Gasteiger partial charge is 0.398 e. The number of hydrogen-bond acceptors (Lipinski definition) is 5. The zero-order valence-electron chi connectivity index (χ0n) is 16.5. The van der Waals surface area contributed by atoms with Crippen molar-refractivity contribution >= 4 is 39.0 Å². The third-order valence-electron chi connectivity index (χ3n) is 4.97. The monoisotopic (exact) mass is 474 g/mol. The molecule has 0 spiro atoms. The highest BCUT2D eigenvalue weighted by Crippen LogP contribution is 2.32. The molecule has 0 amide bonds. The van der Waals surface area contributed by atoms with Crippen molar-refractivity contribution < 1.29 is 9.59 Å². The second-order valence-corrected chi connectivity index (χ2v) is 7.88. The standard InChI is InChI=1S/C14H8BrNO2.C10H11N3/c15-11-5-9-10(6-12(11)16)14(18)8-4-2-1-3-7(8)13(9)17;11-10-6-7-12-13(10)8-9-4-2-1-3-5-9/h1-6H,16H2;1-7H,8,11H2. The first-order valence-electron chi connectivity index (χ1n) is 9.54. The molecule has 31 heavy (non-hydrogen) atoms. The molecule has 154 valence electrons. The van der Waals surface area contributed by atoms with E-state index in [1.54, 1.807) is 53.3 Å². The Morgan fingerprint density at radius 2 is 1.35 bits per heavy atom. The van der Waals surface area contributed by atoms with Crippen molar-refractivity contribution in [3.8, 4) is 0 Å². The van der Waals surface area contributed by atoms with Crippen LogP contribution in [0.1, 0.15) is 37.4 Å². The van der Waals surface area contributed by atoms with E-state index >= 15 is 0 Å². The van der Waals surface area contributed by atoms with Crippen LogP contribution in [-0.4, -0.2) is 21.3 Å². The van der Waals surface area contributed by atoms with Gasteiger partial charge in [0.2, 0.25) is 0 Å². The van der Waals surface area contributed by atoms with Gasteiger partial charge in [-0.1, -0.05) is 54.6 Å². The lowest BCUT2D eigenvalue weighted by Gasteiger charge is -2.18.